The normalized spacial score (nSPS) is 18.3. The van der Waals surface area contributed by atoms with E-state index in [0.717, 1.165) is 49.9 Å². The monoisotopic (exact) mass is 534 g/mol. The van der Waals surface area contributed by atoms with Crippen LogP contribution in [-0.4, -0.2) is 46.7 Å². The minimum atomic E-state index is -0.965. The first-order valence-corrected chi connectivity index (χ1v) is 14.3. The summed E-state index contributed by atoms with van der Waals surface area (Å²) in [5, 5.41) is 16.5. The third-order valence-electron chi connectivity index (χ3n) is 7.31. The van der Waals surface area contributed by atoms with Crippen LogP contribution in [0.1, 0.15) is 70.3 Å². The summed E-state index contributed by atoms with van der Waals surface area (Å²) in [5.74, 6) is 0.581. The fourth-order valence-electron chi connectivity index (χ4n) is 5.16. The molecule has 1 aliphatic heterocycles. The second-order valence-corrected chi connectivity index (χ2v) is 10.5. The van der Waals surface area contributed by atoms with Crippen molar-refractivity contribution in [3.8, 4) is 0 Å². The molecule has 39 heavy (non-hydrogen) atoms. The van der Waals surface area contributed by atoms with E-state index in [1.165, 1.54) is 24.5 Å². The fourth-order valence-corrected chi connectivity index (χ4v) is 5.16. The summed E-state index contributed by atoms with van der Waals surface area (Å²) in [4.78, 5) is 19.3. The number of aliphatic carboxylic acids is 1. The Kier molecular flexibility index (Phi) is 12.7. The van der Waals surface area contributed by atoms with E-state index in [2.05, 4.69) is 51.8 Å². The molecule has 0 amide bonds. The number of guanidine groups is 1. The Morgan fingerprint density at radius 1 is 1.13 bits per heavy atom. The Balaban J connectivity index is 1.77. The highest BCUT2D eigenvalue weighted by molar-refractivity contribution is 5.83. The SMILES string of the molecule is CCCC[C@H](N)CCC[C@H](/C=C/c1ccccc1)CC[C@@H](Nc1ccc[nH]1)/C(=C/C(=O)O)[C@@H]1CCN=C(N)N1. The molecule has 1 aromatic carbocycles. The number of hydrogen-bond acceptors (Lipinski definition) is 6. The molecule has 1 aliphatic rings. The molecule has 212 valence electrons. The molecule has 0 unspecified atom stereocenters. The lowest BCUT2D eigenvalue weighted by atomic mass is 9.87. The molecular formula is C31H46N6O2. The molecule has 8 heteroatoms. The van der Waals surface area contributed by atoms with Gasteiger partial charge in [0, 0.05) is 24.9 Å². The second-order valence-electron chi connectivity index (χ2n) is 10.5. The maximum Gasteiger partial charge on any atom is 0.328 e. The van der Waals surface area contributed by atoms with Crippen molar-refractivity contribution in [3.63, 3.8) is 0 Å². The van der Waals surface area contributed by atoms with Crippen molar-refractivity contribution in [2.24, 2.45) is 22.4 Å². The molecule has 0 saturated heterocycles. The van der Waals surface area contributed by atoms with E-state index >= 15 is 0 Å². The summed E-state index contributed by atoms with van der Waals surface area (Å²) in [5.41, 5.74) is 14.3. The van der Waals surface area contributed by atoms with E-state index in [1.807, 2.05) is 36.5 Å². The van der Waals surface area contributed by atoms with Crippen molar-refractivity contribution in [3.05, 3.63) is 72.0 Å². The zero-order valence-corrected chi connectivity index (χ0v) is 23.2. The van der Waals surface area contributed by atoms with E-state index in [-0.39, 0.29) is 18.1 Å². The summed E-state index contributed by atoms with van der Waals surface area (Å²) in [6, 6.07) is 14.1. The number of anilines is 1. The first-order chi connectivity index (χ1) is 18.9. The Hall–Kier alpha value is -3.52. The van der Waals surface area contributed by atoms with Gasteiger partial charge >= 0.3 is 5.97 Å². The first kappa shape index (κ1) is 30.0. The molecule has 0 radical (unpaired) electrons. The Bertz CT molecular complexity index is 1060. The molecule has 8 N–H and O–H groups in total. The maximum atomic E-state index is 11.9. The molecule has 0 bridgehead atoms. The number of carboxylic acid groups (broad SMARTS) is 1. The number of aromatic nitrogens is 1. The van der Waals surface area contributed by atoms with E-state index in [0.29, 0.717) is 24.8 Å². The number of nitrogens with zero attached hydrogens (tertiary/aromatic N) is 1. The third kappa shape index (κ3) is 11.0. The maximum absolute atomic E-state index is 11.9. The summed E-state index contributed by atoms with van der Waals surface area (Å²) in [6.45, 7) is 2.77. The minimum Gasteiger partial charge on any atom is -0.478 e. The lowest BCUT2D eigenvalue weighted by molar-refractivity contribution is -0.131. The van der Waals surface area contributed by atoms with Crippen molar-refractivity contribution < 1.29 is 9.90 Å². The fraction of sp³-hybridized carbons (Fsp3) is 0.484. The van der Waals surface area contributed by atoms with Gasteiger partial charge in [-0.1, -0.05) is 68.7 Å². The lowest BCUT2D eigenvalue weighted by Gasteiger charge is -2.31. The van der Waals surface area contributed by atoms with Crippen LogP contribution in [0, 0.1) is 5.92 Å². The topological polar surface area (TPSA) is 142 Å². The van der Waals surface area contributed by atoms with Gasteiger partial charge < -0.3 is 32.2 Å². The number of unbranched alkanes of at least 4 members (excludes halogenated alkanes) is 1. The predicted octanol–water partition coefficient (Wildman–Crippen LogP) is 5.28. The zero-order valence-electron chi connectivity index (χ0n) is 23.2. The van der Waals surface area contributed by atoms with Crippen molar-refractivity contribution in [1.29, 1.82) is 0 Å². The van der Waals surface area contributed by atoms with Crippen LogP contribution in [0.2, 0.25) is 0 Å². The molecule has 0 saturated carbocycles. The minimum absolute atomic E-state index is 0.192. The molecule has 0 fully saturated rings. The van der Waals surface area contributed by atoms with Crippen LogP contribution >= 0.6 is 0 Å². The largest absolute Gasteiger partial charge is 0.478 e. The number of aliphatic imine (C=N–C) groups is 1. The average Bonchev–Trinajstić information content (AvgIpc) is 3.44. The van der Waals surface area contributed by atoms with E-state index in [4.69, 9.17) is 11.5 Å². The number of nitrogens with two attached hydrogens (primary N) is 2. The first-order valence-electron chi connectivity index (χ1n) is 14.3. The van der Waals surface area contributed by atoms with Crippen molar-refractivity contribution >= 4 is 23.8 Å². The molecule has 8 nitrogen and oxygen atoms in total. The zero-order chi connectivity index (χ0) is 27.9. The van der Waals surface area contributed by atoms with E-state index in [9.17, 15) is 9.90 Å². The van der Waals surface area contributed by atoms with Gasteiger partial charge in [0.05, 0.1) is 12.1 Å². The molecule has 0 aliphatic carbocycles. The number of carboxylic acids is 1. The van der Waals surface area contributed by atoms with Crippen molar-refractivity contribution in [2.45, 2.75) is 82.8 Å². The molecule has 2 aromatic rings. The van der Waals surface area contributed by atoms with Crippen LogP contribution < -0.4 is 22.1 Å². The van der Waals surface area contributed by atoms with Crippen LogP contribution in [0.25, 0.3) is 6.08 Å². The van der Waals surface area contributed by atoms with Crippen LogP contribution in [0.3, 0.4) is 0 Å². The number of H-pyrrole nitrogens is 1. The molecule has 3 rings (SSSR count). The molecular weight excluding hydrogens is 488 g/mol. The van der Waals surface area contributed by atoms with E-state index in [1.54, 1.807) is 0 Å². The summed E-state index contributed by atoms with van der Waals surface area (Å²) < 4.78 is 0. The quantitative estimate of drug-likeness (QED) is 0.153. The predicted molar refractivity (Wildman–Crippen MR) is 162 cm³/mol. The van der Waals surface area contributed by atoms with Gasteiger partial charge in [0.25, 0.3) is 0 Å². The van der Waals surface area contributed by atoms with Crippen molar-refractivity contribution in [1.82, 2.24) is 10.3 Å². The Morgan fingerprint density at radius 2 is 1.92 bits per heavy atom. The highest BCUT2D eigenvalue weighted by Crippen LogP contribution is 2.26. The number of rotatable bonds is 17. The molecule has 2 heterocycles. The van der Waals surface area contributed by atoms with Gasteiger partial charge in [0.1, 0.15) is 5.82 Å². The van der Waals surface area contributed by atoms with Gasteiger partial charge in [-0.15, -0.1) is 0 Å². The second kappa shape index (κ2) is 16.4. The highest BCUT2D eigenvalue weighted by atomic mass is 16.4. The Morgan fingerprint density at radius 3 is 2.62 bits per heavy atom. The van der Waals surface area contributed by atoms with E-state index < -0.39 is 5.97 Å². The number of allylic oxidation sites excluding steroid dienone is 1. The van der Waals surface area contributed by atoms with Crippen LogP contribution in [-0.2, 0) is 4.79 Å². The van der Waals surface area contributed by atoms with Crippen LogP contribution in [0.5, 0.6) is 0 Å². The number of nitrogens with one attached hydrogen (secondary N) is 3. The lowest BCUT2D eigenvalue weighted by Crippen LogP contribution is -2.48. The number of hydrogen-bond donors (Lipinski definition) is 6. The number of aromatic amines is 1. The van der Waals surface area contributed by atoms with Gasteiger partial charge in [0.15, 0.2) is 5.96 Å². The summed E-state index contributed by atoms with van der Waals surface area (Å²) >= 11 is 0. The smallest absolute Gasteiger partial charge is 0.328 e. The Labute approximate surface area is 233 Å². The number of carbonyl (C=O) groups is 1. The van der Waals surface area contributed by atoms with Crippen molar-refractivity contribution in [2.75, 3.05) is 11.9 Å². The molecule has 0 spiro atoms. The molecule has 1 aromatic heterocycles. The van der Waals surface area contributed by atoms with Gasteiger partial charge in [-0.25, -0.2) is 4.79 Å². The van der Waals surface area contributed by atoms with Crippen LogP contribution in [0.15, 0.2) is 71.4 Å². The van der Waals surface area contributed by atoms with Gasteiger partial charge in [0.2, 0.25) is 0 Å². The van der Waals surface area contributed by atoms with Gasteiger partial charge in [-0.05, 0) is 67.7 Å². The highest BCUT2D eigenvalue weighted by Gasteiger charge is 2.27. The van der Waals surface area contributed by atoms with Gasteiger partial charge in [-0.2, -0.15) is 0 Å². The summed E-state index contributed by atoms with van der Waals surface area (Å²) in [6.07, 6.45) is 16.6. The average molecular weight is 535 g/mol. The van der Waals surface area contributed by atoms with Crippen LogP contribution in [0.4, 0.5) is 5.82 Å². The van der Waals surface area contributed by atoms with Gasteiger partial charge in [-0.3, -0.25) is 4.99 Å². The standard InChI is InChI=1S/C31H46N6O2/c1-2-3-12-25(32)13-7-11-24(16-15-23-9-5-4-6-10-23)17-18-27(36-29-14-8-20-34-29)26(22-30(38)39)28-19-21-35-31(33)37-28/h4-6,8-10,14-16,20,22,24-25,27-28,34,36H,2-3,7,11-13,17-19,21,32H2,1H3,(H,38,39)(H3,33,35,37)/b16-15+,26-22-/t24-,25+,27-,28+/m1/s1. The third-order valence-corrected chi connectivity index (χ3v) is 7.31. The molecule has 4 atom stereocenters. The number of benzene rings is 1. The summed E-state index contributed by atoms with van der Waals surface area (Å²) in [7, 11) is 0.